The number of rotatable bonds is 2. The van der Waals surface area contributed by atoms with Crippen molar-refractivity contribution in [2.75, 3.05) is 11.5 Å². The van der Waals surface area contributed by atoms with Gasteiger partial charge in [0.1, 0.15) is 0 Å². The fourth-order valence-corrected chi connectivity index (χ4v) is 5.23. The highest BCUT2D eigenvalue weighted by molar-refractivity contribution is 5.85. The average Bonchev–Trinajstić information content (AvgIpc) is 3.06. The summed E-state index contributed by atoms with van der Waals surface area (Å²) in [5, 5.41) is 0. The van der Waals surface area contributed by atoms with Gasteiger partial charge in [-0.25, -0.2) is 0 Å². The minimum absolute atomic E-state index is 0.528. The van der Waals surface area contributed by atoms with Gasteiger partial charge >= 0.3 is 0 Å². The van der Waals surface area contributed by atoms with Crippen LogP contribution in [0.5, 0.6) is 0 Å². The number of benzene rings is 3. The summed E-state index contributed by atoms with van der Waals surface area (Å²) in [7, 11) is 0. The van der Waals surface area contributed by atoms with E-state index in [0.717, 1.165) is 39.3 Å². The minimum Gasteiger partial charge on any atom is -0.398 e. The zero-order valence-corrected chi connectivity index (χ0v) is 18.5. The van der Waals surface area contributed by atoms with Crippen LogP contribution < -0.4 is 11.5 Å². The summed E-state index contributed by atoms with van der Waals surface area (Å²) in [6, 6.07) is 21.8. The molecule has 0 saturated heterocycles. The maximum absolute atomic E-state index is 6.36. The molecular weight excluding hydrogens is 378 g/mol. The Morgan fingerprint density at radius 1 is 0.645 bits per heavy atom. The quantitative estimate of drug-likeness (QED) is 0.363. The molecule has 0 aliphatic heterocycles. The third-order valence-corrected chi connectivity index (χ3v) is 6.84. The van der Waals surface area contributed by atoms with Crippen molar-refractivity contribution in [3.63, 3.8) is 0 Å². The van der Waals surface area contributed by atoms with Crippen LogP contribution in [0, 0.1) is 27.7 Å². The Kier molecular flexibility index (Phi) is 4.19. The molecule has 1 aliphatic rings. The standard InChI is InChI=1S/C28H27N3/c1-16-12-20(13-17(2)25(16)29)28(21-14-18(3)26(30)19(4)15-21)24-10-6-5-8-22(24)23-9-7-11-31-27(23)28/h5-15H,29-30H2,1-4H3. The van der Waals surface area contributed by atoms with Gasteiger partial charge in [-0.1, -0.05) is 54.6 Å². The van der Waals surface area contributed by atoms with Gasteiger partial charge in [0.2, 0.25) is 0 Å². The van der Waals surface area contributed by atoms with Crippen molar-refractivity contribution < 1.29 is 0 Å². The molecule has 0 bridgehead atoms. The SMILES string of the molecule is Cc1cc(C2(c3cc(C)c(N)c(C)c3)c3ccccc3-c3cccnc32)cc(C)c1N. The number of anilines is 2. The van der Waals surface area contributed by atoms with Gasteiger partial charge in [0.05, 0.1) is 11.1 Å². The largest absolute Gasteiger partial charge is 0.398 e. The van der Waals surface area contributed by atoms with Gasteiger partial charge in [-0.2, -0.15) is 0 Å². The molecule has 5 rings (SSSR count). The predicted molar refractivity (Wildman–Crippen MR) is 129 cm³/mol. The summed E-state index contributed by atoms with van der Waals surface area (Å²) in [5.41, 5.74) is 25.3. The Balaban J connectivity index is 2.00. The van der Waals surface area contributed by atoms with Crippen LogP contribution in [0.3, 0.4) is 0 Å². The van der Waals surface area contributed by atoms with Crippen molar-refractivity contribution >= 4 is 11.4 Å². The minimum atomic E-state index is -0.528. The Hall–Kier alpha value is -3.59. The zero-order valence-electron chi connectivity index (χ0n) is 18.5. The first-order valence-corrected chi connectivity index (χ1v) is 10.7. The number of aromatic nitrogens is 1. The summed E-state index contributed by atoms with van der Waals surface area (Å²) in [6.45, 7) is 8.33. The number of nitrogen functional groups attached to an aromatic ring is 2. The first-order chi connectivity index (χ1) is 14.9. The van der Waals surface area contributed by atoms with Gasteiger partial charge in [-0.15, -0.1) is 0 Å². The Morgan fingerprint density at radius 3 is 1.68 bits per heavy atom. The molecular formula is C28H27N3. The Bertz CT molecular complexity index is 1200. The van der Waals surface area contributed by atoms with Crippen LogP contribution in [0.2, 0.25) is 0 Å². The van der Waals surface area contributed by atoms with Gasteiger partial charge in [0, 0.05) is 23.1 Å². The van der Waals surface area contributed by atoms with Gasteiger partial charge in [-0.05, 0) is 78.3 Å². The summed E-state index contributed by atoms with van der Waals surface area (Å²) in [6.07, 6.45) is 1.90. The second-order valence-corrected chi connectivity index (χ2v) is 8.74. The fourth-order valence-electron chi connectivity index (χ4n) is 5.23. The molecule has 0 atom stereocenters. The monoisotopic (exact) mass is 405 g/mol. The molecule has 3 heteroatoms. The number of hydrogen-bond acceptors (Lipinski definition) is 3. The summed E-state index contributed by atoms with van der Waals surface area (Å²) in [5.74, 6) is 0. The number of nitrogens with two attached hydrogens (primary N) is 2. The lowest BCUT2D eigenvalue weighted by Gasteiger charge is -2.34. The molecule has 0 amide bonds. The number of pyridine rings is 1. The number of hydrogen-bond donors (Lipinski definition) is 2. The molecule has 3 aromatic carbocycles. The van der Waals surface area contributed by atoms with Gasteiger partial charge in [-0.3, -0.25) is 4.98 Å². The first kappa shape index (κ1) is 19.4. The molecule has 31 heavy (non-hydrogen) atoms. The molecule has 1 heterocycles. The van der Waals surface area contributed by atoms with Crippen molar-refractivity contribution in [2.24, 2.45) is 0 Å². The number of nitrogens with zero attached hydrogens (tertiary/aromatic N) is 1. The van der Waals surface area contributed by atoms with E-state index in [1.165, 1.54) is 27.8 Å². The second-order valence-electron chi connectivity index (χ2n) is 8.74. The smallest absolute Gasteiger partial charge is 0.0886 e. The lowest BCUT2D eigenvalue weighted by atomic mass is 9.68. The summed E-state index contributed by atoms with van der Waals surface area (Å²) >= 11 is 0. The van der Waals surface area contributed by atoms with Crippen LogP contribution in [0.1, 0.15) is 44.6 Å². The molecule has 4 aromatic rings. The van der Waals surface area contributed by atoms with E-state index in [0.29, 0.717) is 0 Å². The van der Waals surface area contributed by atoms with Crippen LogP contribution in [-0.4, -0.2) is 4.98 Å². The van der Waals surface area contributed by atoms with Gasteiger partial charge in [0.15, 0.2) is 0 Å². The highest BCUT2D eigenvalue weighted by Gasteiger charge is 2.47. The molecule has 0 saturated carbocycles. The van der Waals surface area contributed by atoms with Crippen molar-refractivity contribution in [1.29, 1.82) is 0 Å². The predicted octanol–water partition coefficient (Wildman–Crippen LogP) is 5.84. The van der Waals surface area contributed by atoms with E-state index < -0.39 is 5.41 Å². The molecule has 0 radical (unpaired) electrons. The average molecular weight is 406 g/mol. The van der Waals surface area contributed by atoms with Gasteiger partial charge < -0.3 is 11.5 Å². The zero-order chi connectivity index (χ0) is 21.9. The lowest BCUT2D eigenvalue weighted by molar-refractivity contribution is 0.735. The van der Waals surface area contributed by atoms with Crippen molar-refractivity contribution in [3.8, 4) is 11.1 Å². The molecule has 1 aliphatic carbocycles. The first-order valence-electron chi connectivity index (χ1n) is 10.7. The van der Waals surface area contributed by atoms with Crippen LogP contribution in [0.25, 0.3) is 11.1 Å². The van der Waals surface area contributed by atoms with E-state index in [1.807, 2.05) is 12.3 Å². The van der Waals surface area contributed by atoms with Crippen LogP contribution >= 0.6 is 0 Å². The Morgan fingerprint density at radius 2 is 1.13 bits per heavy atom. The van der Waals surface area contributed by atoms with E-state index in [4.69, 9.17) is 16.5 Å². The second kappa shape index (κ2) is 6.71. The maximum atomic E-state index is 6.36. The van der Waals surface area contributed by atoms with Crippen LogP contribution in [0.15, 0.2) is 66.9 Å². The number of aryl methyl sites for hydroxylation is 4. The summed E-state index contributed by atoms with van der Waals surface area (Å²) in [4.78, 5) is 4.98. The van der Waals surface area contributed by atoms with Crippen molar-refractivity contribution in [2.45, 2.75) is 33.1 Å². The van der Waals surface area contributed by atoms with E-state index in [-0.39, 0.29) is 0 Å². The number of fused-ring (bicyclic) bond motifs is 3. The topological polar surface area (TPSA) is 64.9 Å². The van der Waals surface area contributed by atoms with E-state index in [9.17, 15) is 0 Å². The molecule has 154 valence electrons. The molecule has 0 spiro atoms. The highest BCUT2D eigenvalue weighted by atomic mass is 14.7. The summed E-state index contributed by atoms with van der Waals surface area (Å²) < 4.78 is 0. The highest BCUT2D eigenvalue weighted by Crippen LogP contribution is 2.56. The molecule has 0 unspecified atom stereocenters. The molecule has 3 nitrogen and oxygen atoms in total. The van der Waals surface area contributed by atoms with Gasteiger partial charge in [0.25, 0.3) is 0 Å². The van der Waals surface area contributed by atoms with Crippen molar-refractivity contribution in [1.82, 2.24) is 4.98 Å². The fraction of sp³-hybridized carbons (Fsp3) is 0.179. The maximum Gasteiger partial charge on any atom is 0.0886 e. The molecule has 0 fully saturated rings. The third-order valence-electron chi connectivity index (χ3n) is 6.84. The normalized spacial score (nSPS) is 13.7. The van der Waals surface area contributed by atoms with E-state index in [2.05, 4.69) is 82.3 Å². The molecule has 1 aromatic heterocycles. The van der Waals surface area contributed by atoms with Crippen LogP contribution in [-0.2, 0) is 5.41 Å². The van der Waals surface area contributed by atoms with Crippen molar-refractivity contribution in [3.05, 3.63) is 111 Å². The van der Waals surface area contributed by atoms with Crippen LogP contribution in [0.4, 0.5) is 11.4 Å². The lowest BCUT2D eigenvalue weighted by Crippen LogP contribution is -2.30. The van der Waals surface area contributed by atoms with E-state index >= 15 is 0 Å². The molecule has 4 N–H and O–H groups in total. The Labute approximate surface area is 183 Å². The third kappa shape index (κ3) is 2.56. The van der Waals surface area contributed by atoms with E-state index in [1.54, 1.807) is 0 Å².